The summed E-state index contributed by atoms with van der Waals surface area (Å²) in [7, 11) is 1.33. The van der Waals surface area contributed by atoms with Gasteiger partial charge in [-0.25, -0.2) is 14.8 Å². The first-order chi connectivity index (χ1) is 16.4. The molecule has 0 saturated carbocycles. The number of hydrogen-bond donors (Lipinski definition) is 1. The summed E-state index contributed by atoms with van der Waals surface area (Å²) in [6, 6.07) is 4.54. The molecule has 1 saturated heterocycles. The van der Waals surface area contributed by atoms with E-state index >= 15 is 0 Å². The molecule has 1 fully saturated rings. The van der Waals surface area contributed by atoms with Crippen molar-refractivity contribution in [2.45, 2.75) is 37.8 Å². The lowest BCUT2D eigenvalue weighted by Gasteiger charge is -2.30. The molecule has 2 atom stereocenters. The predicted molar refractivity (Wildman–Crippen MR) is 128 cm³/mol. The van der Waals surface area contributed by atoms with Gasteiger partial charge in [0.2, 0.25) is 0 Å². The number of halogens is 2. The molecule has 0 bridgehead atoms. The molecule has 0 aliphatic carbocycles. The van der Waals surface area contributed by atoms with E-state index in [9.17, 15) is 14.7 Å². The number of esters is 1. The number of carbonyl (C=O) groups is 2. The third-order valence-corrected chi connectivity index (χ3v) is 6.74. The summed E-state index contributed by atoms with van der Waals surface area (Å²) in [6.07, 6.45) is 7.01. The molecule has 0 amide bonds. The van der Waals surface area contributed by atoms with Gasteiger partial charge in [0.1, 0.15) is 11.9 Å². The van der Waals surface area contributed by atoms with Crippen LogP contribution in [0.15, 0.2) is 36.9 Å². The highest BCUT2D eigenvalue weighted by Gasteiger charge is 2.39. The number of aromatic nitrogens is 3. The Morgan fingerprint density at radius 2 is 2.06 bits per heavy atom. The highest BCUT2D eigenvalue weighted by Crippen LogP contribution is 2.38. The van der Waals surface area contributed by atoms with Gasteiger partial charge in [0.25, 0.3) is 0 Å². The van der Waals surface area contributed by atoms with Crippen LogP contribution in [0.2, 0.25) is 10.0 Å². The first-order valence-corrected chi connectivity index (χ1v) is 11.6. The maximum atomic E-state index is 12.1. The summed E-state index contributed by atoms with van der Waals surface area (Å²) in [5.74, 6) is -0.765. The average Bonchev–Trinajstić information content (AvgIpc) is 3.51. The van der Waals surface area contributed by atoms with Crippen molar-refractivity contribution in [3.8, 4) is 5.69 Å². The summed E-state index contributed by atoms with van der Waals surface area (Å²) >= 11 is 12.8. The number of benzene rings is 1. The van der Waals surface area contributed by atoms with Gasteiger partial charge in [0.05, 0.1) is 47.7 Å². The Kier molecular flexibility index (Phi) is 7.55. The van der Waals surface area contributed by atoms with Crippen LogP contribution in [-0.4, -0.2) is 64.0 Å². The quantitative estimate of drug-likeness (QED) is 0.341. The number of carboxylic acids is 1. The molecule has 11 heteroatoms. The molecule has 1 aliphatic rings. The Bertz CT molecular complexity index is 1190. The second kappa shape index (κ2) is 10.6. The van der Waals surface area contributed by atoms with Gasteiger partial charge in [-0.05, 0) is 31.4 Å². The third-order valence-electron chi connectivity index (χ3n) is 5.95. The van der Waals surface area contributed by atoms with Crippen molar-refractivity contribution in [2.24, 2.45) is 0 Å². The van der Waals surface area contributed by atoms with Crippen molar-refractivity contribution in [1.29, 1.82) is 0 Å². The Morgan fingerprint density at radius 3 is 2.76 bits per heavy atom. The van der Waals surface area contributed by atoms with E-state index in [4.69, 9.17) is 32.9 Å². The van der Waals surface area contributed by atoms with E-state index in [0.717, 1.165) is 11.1 Å². The van der Waals surface area contributed by atoms with Crippen LogP contribution in [0.3, 0.4) is 0 Å². The van der Waals surface area contributed by atoms with Crippen molar-refractivity contribution in [3.05, 3.63) is 47.0 Å². The number of nitrogens with zero attached hydrogens (tertiary/aromatic N) is 4. The number of carbonyl (C=O) groups excluding carboxylic acids is 1. The normalized spacial score (nSPS) is 17.9. The number of fused-ring (bicyclic) bond motifs is 1. The fourth-order valence-corrected chi connectivity index (χ4v) is 4.64. The van der Waals surface area contributed by atoms with Crippen LogP contribution in [0, 0.1) is 0 Å². The van der Waals surface area contributed by atoms with Crippen LogP contribution in [0.4, 0.5) is 5.82 Å². The maximum absolute atomic E-state index is 12.1. The van der Waals surface area contributed by atoms with E-state index in [-0.39, 0.29) is 25.0 Å². The molecule has 1 N–H and O–H groups in total. The lowest BCUT2D eigenvalue weighted by atomic mass is 10.1. The van der Waals surface area contributed by atoms with Gasteiger partial charge in [-0.2, -0.15) is 0 Å². The third kappa shape index (κ3) is 4.96. The first kappa shape index (κ1) is 24.3. The largest absolute Gasteiger partial charge is 0.480 e. The highest BCUT2D eigenvalue weighted by atomic mass is 35.5. The van der Waals surface area contributed by atoms with E-state index < -0.39 is 12.0 Å². The highest BCUT2D eigenvalue weighted by molar-refractivity contribution is 6.45. The van der Waals surface area contributed by atoms with Crippen LogP contribution < -0.4 is 4.90 Å². The molecule has 180 valence electrons. The summed E-state index contributed by atoms with van der Waals surface area (Å²) < 4.78 is 12.0. The minimum Gasteiger partial charge on any atom is -0.480 e. The Hall–Kier alpha value is -2.88. The predicted octanol–water partition coefficient (Wildman–Crippen LogP) is 4.12. The van der Waals surface area contributed by atoms with Gasteiger partial charge in [0, 0.05) is 36.5 Å². The first-order valence-electron chi connectivity index (χ1n) is 10.8. The van der Waals surface area contributed by atoms with Gasteiger partial charge < -0.3 is 24.0 Å². The lowest BCUT2D eigenvalue weighted by molar-refractivity contribution is -0.142. The number of anilines is 1. The van der Waals surface area contributed by atoms with Crippen LogP contribution >= 0.6 is 23.2 Å². The van der Waals surface area contributed by atoms with Gasteiger partial charge in [-0.1, -0.05) is 23.2 Å². The SMILES string of the molecule is COC(=O)CCOCC[C@@H]1CC[C@@H](C(=O)O)N1c1cc(-n2ccnc2)c2ccc(Cl)c(Cl)c2n1. The second-order valence-corrected chi connectivity index (χ2v) is 8.73. The van der Waals surface area contributed by atoms with Crippen LogP contribution in [-0.2, 0) is 19.1 Å². The van der Waals surface area contributed by atoms with Gasteiger partial charge in [0.15, 0.2) is 0 Å². The molecule has 0 unspecified atom stereocenters. The summed E-state index contributed by atoms with van der Waals surface area (Å²) in [5.41, 5.74) is 1.25. The Labute approximate surface area is 206 Å². The number of carboxylic acid groups (broad SMARTS) is 1. The van der Waals surface area contributed by atoms with Gasteiger partial charge in [-0.3, -0.25) is 4.79 Å². The zero-order valence-corrected chi connectivity index (χ0v) is 20.0. The fraction of sp³-hybridized carbons (Fsp3) is 0.391. The molecular weight excluding hydrogens is 483 g/mol. The minimum atomic E-state index is -0.919. The van der Waals surface area contributed by atoms with E-state index in [1.54, 1.807) is 24.8 Å². The van der Waals surface area contributed by atoms with Crippen LogP contribution in [0.1, 0.15) is 25.7 Å². The van der Waals surface area contributed by atoms with Crippen molar-refractivity contribution >= 4 is 51.9 Å². The number of rotatable bonds is 9. The van der Waals surface area contributed by atoms with Crippen molar-refractivity contribution in [3.63, 3.8) is 0 Å². The fourth-order valence-electron chi connectivity index (χ4n) is 4.28. The second-order valence-electron chi connectivity index (χ2n) is 7.95. The van der Waals surface area contributed by atoms with E-state index in [2.05, 4.69) is 9.72 Å². The van der Waals surface area contributed by atoms with Gasteiger partial charge >= 0.3 is 11.9 Å². The zero-order valence-electron chi connectivity index (χ0n) is 18.5. The minimum absolute atomic E-state index is 0.113. The topological polar surface area (TPSA) is 107 Å². The molecule has 1 aromatic carbocycles. The summed E-state index contributed by atoms with van der Waals surface area (Å²) in [4.78, 5) is 34.1. The molecule has 3 heterocycles. The number of imidazole rings is 1. The molecule has 3 aromatic rings. The smallest absolute Gasteiger partial charge is 0.326 e. The van der Waals surface area contributed by atoms with Gasteiger partial charge in [-0.15, -0.1) is 0 Å². The standard InChI is InChI=1S/C23H24Cl2N4O5/c1-33-20(30)7-11-34-10-6-14-2-5-17(23(31)32)29(14)19-12-18(28-9-8-26-13-28)15-3-4-16(24)21(25)22(15)27-19/h3-4,8-9,12-14,17H,2,5-7,10-11H2,1H3,(H,31,32)/t14-,17-/m0/s1. The maximum Gasteiger partial charge on any atom is 0.326 e. The van der Waals surface area contributed by atoms with Crippen LogP contribution in [0.5, 0.6) is 0 Å². The molecule has 4 rings (SSSR count). The van der Waals surface area contributed by atoms with Crippen molar-refractivity contribution < 1.29 is 24.2 Å². The lowest BCUT2D eigenvalue weighted by Crippen LogP contribution is -2.42. The van der Waals surface area contributed by atoms with Crippen molar-refractivity contribution in [1.82, 2.24) is 14.5 Å². The number of pyridine rings is 1. The van der Waals surface area contributed by atoms with Crippen molar-refractivity contribution in [2.75, 3.05) is 25.2 Å². The molecule has 9 nitrogen and oxygen atoms in total. The van der Waals surface area contributed by atoms with E-state index in [0.29, 0.717) is 47.2 Å². The number of methoxy groups -OCH3 is 1. The molecule has 1 aliphatic heterocycles. The summed E-state index contributed by atoms with van der Waals surface area (Å²) in [6.45, 7) is 0.619. The van der Waals surface area contributed by atoms with E-state index in [1.807, 2.05) is 21.6 Å². The van der Waals surface area contributed by atoms with E-state index in [1.165, 1.54) is 7.11 Å². The van der Waals surface area contributed by atoms with Crippen LogP contribution in [0.25, 0.3) is 16.6 Å². The number of ether oxygens (including phenoxy) is 2. The molecule has 0 radical (unpaired) electrons. The summed E-state index contributed by atoms with van der Waals surface area (Å²) in [5, 5.41) is 11.3. The number of aliphatic carboxylic acids is 1. The Morgan fingerprint density at radius 1 is 1.24 bits per heavy atom. The molecule has 34 heavy (non-hydrogen) atoms. The zero-order chi connectivity index (χ0) is 24.2. The molecule has 0 spiro atoms. The molecule has 2 aromatic heterocycles. The monoisotopic (exact) mass is 506 g/mol. The average molecular weight is 507 g/mol. The number of hydrogen-bond acceptors (Lipinski definition) is 7. The molecular formula is C23H24Cl2N4O5. The Balaban J connectivity index is 1.68.